The van der Waals surface area contributed by atoms with E-state index in [1.54, 1.807) is 18.2 Å². The fourth-order valence-corrected chi connectivity index (χ4v) is 3.50. The maximum absolute atomic E-state index is 12.2. The van der Waals surface area contributed by atoms with Crippen LogP contribution >= 0.6 is 23.2 Å². The zero-order valence-electron chi connectivity index (χ0n) is 15.5. The Morgan fingerprint density at radius 2 is 1.93 bits per heavy atom. The second kappa shape index (κ2) is 8.86. The molecule has 4 rings (SSSR count). The summed E-state index contributed by atoms with van der Waals surface area (Å²) in [4.78, 5) is 14.2. The molecule has 6 nitrogen and oxygen atoms in total. The van der Waals surface area contributed by atoms with Gasteiger partial charge in [-0.3, -0.25) is 4.79 Å². The summed E-state index contributed by atoms with van der Waals surface area (Å²) in [6, 6.07) is 14.5. The van der Waals surface area contributed by atoms with E-state index >= 15 is 0 Å². The first-order valence-electron chi connectivity index (χ1n) is 9.21. The molecule has 0 radical (unpaired) electrons. The number of rotatable bonds is 5. The fraction of sp³-hybridized carbons (Fsp3) is 0.238. The molecule has 1 N–H and O–H groups in total. The van der Waals surface area contributed by atoms with E-state index in [1.165, 1.54) is 0 Å². The highest BCUT2D eigenvalue weighted by molar-refractivity contribution is 6.32. The number of nitrogens with one attached hydrogen (secondary N) is 1. The van der Waals surface area contributed by atoms with Crippen molar-refractivity contribution in [3.05, 3.63) is 80.2 Å². The predicted molar refractivity (Wildman–Crippen MR) is 114 cm³/mol. The number of nitrogens with zero attached hydrogens (tertiary/aromatic N) is 2. The minimum Gasteiger partial charge on any atom is -0.456 e. The van der Waals surface area contributed by atoms with Crippen LogP contribution in [-0.4, -0.2) is 36.5 Å². The average Bonchev–Trinajstić information content (AvgIpc) is 2.73. The van der Waals surface area contributed by atoms with Crippen LogP contribution in [0.1, 0.15) is 11.3 Å². The van der Waals surface area contributed by atoms with Crippen molar-refractivity contribution in [2.75, 3.05) is 31.2 Å². The zero-order chi connectivity index (χ0) is 20.2. The summed E-state index contributed by atoms with van der Waals surface area (Å²) < 4.78 is 11.3. The monoisotopic (exact) mass is 431 g/mol. The van der Waals surface area contributed by atoms with Crippen LogP contribution in [0.3, 0.4) is 0 Å². The summed E-state index contributed by atoms with van der Waals surface area (Å²) in [5.41, 5.74) is 2.13. The Morgan fingerprint density at radius 3 is 2.72 bits per heavy atom. The first-order chi connectivity index (χ1) is 14.1. The summed E-state index contributed by atoms with van der Waals surface area (Å²) in [6.45, 7) is 2.59. The van der Waals surface area contributed by atoms with Gasteiger partial charge in [-0.15, -0.1) is 0 Å². The van der Waals surface area contributed by atoms with Crippen molar-refractivity contribution >= 4 is 28.9 Å². The smallest absolute Gasteiger partial charge is 0.287 e. The van der Waals surface area contributed by atoms with E-state index in [0.29, 0.717) is 60.0 Å². The highest BCUT2D eigenvalue weighted by Crippen LogP contribution is 2.32. The Labute approximate surface area is 178 Å². The van der Waals surface area contributed by atoms with Crippen molar-refractivity contribution in [3.8, 4) is 11.5 Å². The van der Waals surface area contributed by atoms with E-state index in [4.69, 9.17) is 32.7 Å². The Hall–Kier alpha value is -2.54. The van der Waals surface area contributed by atoms with E-state index in [-0.39, 0.29) is 5.56 Å². The van der Waals surface area contributed by atoms with Gasteiger partial charge in [-0.1, -0.05) is 35.3 Å². The van der Waals surface area contributed by atoms with E-state index in [1.807, 2.05) is 35.2 Å². The number of anilines is 1. The molecule has 0 aliphatic carbocycles. The van der Waals surface area contributed by atoms with E-state index in [9.17, 15) is 4.79 Å². The van der Waals surface area contributed by atoms with Crippen LogP contribution in [0.25, 0.3) is 0 Å². The van der Waals surface area contributed by atoms with Gasteiger partial charge in [0, 0.05) is 24.5 Å². The molecule has 2 heterocycles. The lowest BCUT2D eigenvalue weighted by Gasteiger charge is -2.28. The number of halogens is 2. The number of hydrogen-bond acceptors (Lipinski definition) is 5. The summed E-state index contributed by atoms with van der Waals surface area (Å²) >= 11 is 12.3. The van der Waals surface area contributed by atoms with Gasteiger partial charge in [0.05, 0.1) is 23.9 Å². The van der Waals surface area contributed by atoms with Gasteiger partial charge < -0.3 is 14.4 Å². The molecule has 1 aliphatic heterocycles. The molecular weight excluding hydrogens is 413 g/mol. The minimum atomic E-state index is -0.197. The van der Waals surface area contributed by atoms with Crippen LogP contribution in [0.5, 0.6) is 11.5 Å². The molecule has 0 amide bonds. The number of H-pyrrole nitrogens is 1. The van der Waals surface area contributed by atoms with Gasteiger partial charge in [-0.2, -0.15) is 5.10 Å². The SMILES string of the molecule is O=c1[nH]nc(Cc2ccc(Cl)c(Oc3cccc(Cl)c3)c2)cc1N1CCOCC1. The first-order valence-corrected chi connectivity index (χ1v) is 9.97. The molecule has 3 aromatic rings. The van der Waals surface area contributed by atoms with Crippen LogP contribution < -0.4 is 15.2 Å². The molecule has 150 valence electrons. The second-order valence-electron chi connectivity index (χ2n) is 6.67. The van der Waals surface area contributed by atoms with Gasteiger partial charge in [-0.25, -0.2) is 5.10 Å². The lowest BCUT2D eigenvalue weighted by molar-refractivity contribution is 0.122. The van der Waals surface area contributed by atoms with Crippen LogP contribution in [-0.2, 0) is 11.2 Å². The maximum atomic E-state index is 12.2. The van der Waals surface area contributed by atoms with Crippen molar-refractivity contribution < 1.29 is 9.47 Å². The highest BCUT2D eigenvalue weighted by atomic mass is 35.5. The number of hydrogen-bond donors (Lipinski definition) is 1. The summed E-state index contributed by atoms with van der Waals surface area (Å²) in [5, 5.41) is 7.87. The molecule has 0 atom stereocenters. The van der Waals surface area contributed by atoms with E-state index in [0.717, 1.165) is 11.3 Å². The van der Waals surface area contributed by atoms with Crippen molar-refractivity contribution in [3.63, 3.8) is 0 Å². The third-order valence-electron chi connectivity index (χ3n) is 4.59. The standard InChI is InChI=1S/C21H19Cl2N3O3/c22-15-2-1-3-17(12-15)29-20-11-14(4-5-18(20)23)10-16-13-19(21(27)25-24-16)26-6-8-28-9-7-26/h1-5,11-13H,6-10H2,(H,25,27). The topological polar surface area (TPSA) is 67.5 Å². The normalized spacial score (nSPS) is 14.1. The Balaban J connectivity index is 1.56. The molecule has 8 heteroatoms. The van der Waals surface area contributed by atoms with Crippen molar-refractivity contribution in [2.45, 2.75) is 6.42 Å². The number of ether oxygens (including phenoxy) is 2. The van der Waals surface area contributed by atoms with E-state index < -0.39 is 0 Å². The lowest BCUT2D eigenvalue weighted by Crippen LogP contribution is -2.39. The molecule has 0 spiro atoms. The third-order valence-corrected chi connectivity index (χ3v) is 5.14. The molecule has 1 aromatic heterocycles. The second-order valence-corrected chi connectivity index (χ2v) is 7.52. The Morgan fingerprint density at radius 1 is 1.10 bits per heavy atom. The maximum Gasteiger partial charge on any atom is 0.287 e. The largest absolute Gasteiger partial charge is 0.456 e. The van der Waals surface area contributed by atoms with E-state index in [2.05, 4.69) is 10.2 Å². The number of aromatic nitrogens is 2. The molecule has 1 aliphatic rings. The molecule has 1 saturated heterocycles. The van der Waals surface area contributed by atoms with Gasteiger partial charge in [-0.05, 0) is 42.0 Å². The van der Waals surface area contributed by atoms with Gasteiger partial charge in [0.25, 0.3) is 5.56 Å². The van der Waals surface area contributed by atoms with Crippen molar-refractivity contribution in [2.24, 2.45) is 0 Å². The lowest BCUT2D eigenvalue weighted by atomic mass is 10.1. The molecule has 0 bridgehead atoms. The molecule has 0 unspecified atom stereocenters. The quantitative estimate of drug-likeness (QED) is 0.652. The van der Waals surface area contributed by atoms with Crippen LogP contribution in [0.2, 0.25) is 10.0 Å². The summed E-state index contributed by atoms with van der Waals surface area (Å²) in [7, 11) is 0. The zero-order valence-corrected chi connectivity index (χ0v) is 17.0. The van der Waals surface area contributed by atoms with Gasteiger partial charge in [0.2, 0.25) is 0 Å². The van der Waals surface area contributed by atoms with Gasteiger partial charge in [0.1, 0.15) is 17.2 Å². The Kier molecular flexibility index (Phi) is 6.04. The highest BCUT2D eigenvalue weighted by Gasteiger charge is 2.16. The molecule has 1 fully saturated rings. The number of aromatic amines is 1. The molecule has 29 heavy (non-hydrogen) atoms. The number of morpholine rings is 1. The molecule has 2 aromatic carbocycles. The van der Waals surface area contributed by atoms with Crippen molar-refractivity contribution in [1.82, 2.24) is 10.2 Å². The summed E-state index contributed by atoms with van der Waals surface area (Å²) in [6.07, 6.45) is 0.525. The van der Waals surface area contributed by atoms with Gasteiger partial charge in [0.15, 0.2) is 0 Å². The third kappa shape index (κ3) is 4.90. The van der Waals surface area contributed by atoms with Crippen molar-refractivity contribution in [1.29, 1.82) is 0 Å². The fourth-order valence-electron chi connectivity index (χ4n) is 3.17. The van der Waals surface area contributed by atoms with Gasteiger partial charge >= 0.3 is 0 Å². The van der Waals surface area contributed by atoms with Crippen LogP contribution in [0.4, 0.5) is 5.69 Å². The average molecular weight is 432 g/mol. The molecular formula is C21H19Cl2N3O3. The minimum absolute atomic E-state index is 0.197. The number of benzene rings is 2. The first kappa shape index (κ1) is 19.8. The van der Waals surface area contributed by atoms with Crippen LogP contribution in [0.15, 0.2) is 53.3 Å². The van der Waals surface area contributed by atoms with Crippen LogP contribution in [0, 0.1) is 0 Å². The predicted octanol–water partition coefficient (Wildman–Crippen LogP) is 4.30. The molecule has 0 saturated carbocycles. The summed E-state index contributed by atoms with van der Waals surface area (Å²) in [5.74, 6) is 1.14. The Bertz CT molecular complexity index is 1070.